The second kappa shape index (κ2) is 5.31. The maximum atomic E-state index is 13.3. The van der Waals surface area contributed by atoms with E-state index in [2.05, 4.69) is 5.32 Å². The Labute approximate surface area is 107 Å². The lowest BCUT2D eigenvalue weighted by atomic mass is 10.2. The van der Waals surface area contributed by atoms with Crippen molar-refractivity contribution in [3.05, 3.63) is 64.4 Å². The van der Waals surface area contributed by atoms with Gasteiger partial charge in [0.05, 0.1) is 5.69 Å². The van der Waals surface area contributed by atoms with Gasteiger partial charge in [-0.2, -0.15) is 0 Å². The Morgan fingerprint density at radius 2 is 1.61 bits per heavy atom. The van der Waals surface area contributed by atoms with Gasteiger partial charge in [-0.15, -0.1) is 0 Å². The molecule has 2 aromatic rings. The summed E-state index contributed by atoms with van der Waals surface area (Å²) in [5, 5.41) is 3.19. The van der Waals surface area contributed by atoms with Crippen molar-refractivity contribution in [2.24, 2.45) is 0 Å². The van der Waals surface area contributed by atoms with Crippen LogP contribution in [0.2, 0.25) is 5.02 Å². The molecule has 1 nitrogen and oxygen atoms in total. The first-order valence-electron chi connectivity index (χ1n) is 5.20. The molecule has 0 heterocycles. The van der Waals surface area contributed by atoms with E-state index in [1.54, 1.807) is 24.3 Å². The first-order valence-corrected chi connectivity index (χ1v) is 5.57. The molecule has 5 heteroatoms. The van der Waals surface area contributed by atoms with Crippen LogP contribution in [0.4, 0.5) is 18.9 Å². The largest absolute Gasteiger partial charge is 0.378 e. The first-order chi connectivity index (χ1) is 8.58. The second-order valence-electron chi connectivity index (χ2n) is 3.69. The minimum absolute atomic E-state index is 0.103. The fourth-order valence-electron chi connectivity index (χ4n) is 1.49. The highest BCUT2D eigenvalue weighted by atomic mass is 35.5. The molecule has 2 aromatic carbocycles. The highest BCUT2D eigenvalue weighted by Crippen LogP contribution is 2.21. The molecule has 1 N–H and O–H groups in total. The fraction of sp³-hybridized carbons (Fsp3) is 0.0769. The van der Waals surface area contributed by atoms with Crippen LogP contribution in [0.5, 0.6) is 0 Å². The molecule has 0 saturated heterocycles. The lowest BCUT2D eigenvalue weighted by Crippen LogP contribution is -2.03. The number of anilines is 1. The lowest BCUT2D eigenvalue weighted by molar-refractivity contribution is 0.496. The average molecular weight is 272 g/mol. The Morgan fingerprint density at radius 1 is 0.944 bits per heavy atom. The summed E-state index contributed by atoms with van der Waals surface area (Å²) in [6, 6.07) is 8.29. The fourth-order valence-corrected chi connectivity index (χ4v) is 1.69. The quantitative estimate of drug-likeness (QED) is 0.818. The van der Waals surface area contributed by atoms with E-state index in [0.29, 0.717) is 11.1 Å². The molecule has 0 saturated carbocycles. The molecule has 0 fully saturated rings. The van der Waals surface area contributed by atoms with Crippen LogP contribution in [0.25, 0.3) is 0 Å². The summed E-state index contributed by atoms with van der Waals surface area (Å²) in [6.07, 6.45) is 0. The summed E-state index contributed by atoms with van der Waals surface area (Å²) >= 11 is 5.92. The van der Waals surface area contributed by atoms with Gasteiger partial charge in [0, 0.05) is 23.7 Å². The van der Waals surface area contributed by atoms with Gasteiger partial charge in [-0.05, 0) is 11.6 Å². The van der Waals surface area contributed by atoms with Gasteiger partial charge in [-0.3, -0.25) is 0 Å². The van der Waals surface area contributed by atoms with Crippen molar-refractivity contribution in [1.29, 1.82) is 0 Å². The number of rotatable bonds is 3. The van der Waals surface area contributed by atoms with Crippen LogP contribution in [-0.2, 0) is 6.54 Å². The zero-order chi connectivity index (χ0) is 13.1. The van der Waals surface area contributed by atoms with Crippen LogP contribution in [0.15, 0.2) is 36.4 Å². The van der Waals surface area contributed by atoms with E-state index < -0.39 is 17.5 Å². The Bertz CT molecular complexity index is 572. The standard InChI is InChI=1S/C13H9ClF3N/c14-9-4-2-1-3-8(9)7-18-13-6-11(16)10(15)5-12(13)17/h1-6,18H,7H2. The summed E-state index contributed by atoms with van der Waals surface area (Å²) in [6.45, 7) is 0.224. The SMILES string of the molecule is Fc1cc(F)c(NCc2ccccc2Cl)cc1F. The highest BCUT2D eigenvalue weighted by molar-refractivity contribution is 6.31. The number of hydrogen-bond acceptors (Lipinski definition) is 1. The molecule has 0 atom stereocenters. The van der Waals surface area contributed by atoms with Gasteiger partial charge in [0.25, 0.3) is 0 Å². The van der Waals surface area contributed by atoms with Crippen molar-refractivity contribution in [1.82, 2.24) is 0 Å². The first kappa shape index (κ1) is 12.8. The predicted octanol–water partition coefficient (Wildman–Crippen LogP) is 4.37. The number of halogens is 4. The van der Waals surface area contributed by atoms with Crippen molar-refractivity contribution in [2.75, 3.05) is 5.32 Å². The molecular formula is C13H9ClF3N. The van der Waals surface area contributed by atoms with Crippen molar-refractivity contribution >= 4 is 17.3 Å². The van der Waals surface area contributed by atoms with E-state index in [4.69, 9.17) is 11.6 Å². The third-order valence-corrected chi connectivity index (χ3v) is 2.81. The molecule has 2 rings (SSSR count). The van der Waals surface area contributed by atoms with Gasteiger partial charge < -0.3 is 5.32 Å². The monoisotopic (exact) mass is 271 g/mol. The zero-order valence-corrected chi connectivity index (χ0v) is 9.94. The highest BCUT2D eigenvalue weighted by Gasteiger charge is 2.09. The zero-order valence-electron chi connectivity index (χ0n) is 9.18. The molecule has 0 bridgehead atoms. The summed E-state index contributed by atoms with van der Waals surface area (Å²) in [5.74, 6) is -3.16. The van der Waals surface area contributed by atoms with Crippen LogP contribution < -0.4 is 5.32 Å². The molecule has 0 aliphatic rings. The van der Waals surface area contributed by atoms with Crippen LogP contribution >= 0.6 is 11.6 Å². The molecule has 0 unspecified atom stereocenters. The van der Waals surface area contributed by atoms with E-state index in [0.717, 1.165) is 11.6 Å². The van der Waals surface area contributed by atoms with Crippen molar-refractivity contribution in [3.8, 4) is 0 Å². The smallest absolute Gasteiger partial charge is 0.161 e. The van der Waals surface area contributed by atoms with Gasteiger partial charge in [0.1, 0.15) is 5.82 Å². The molecule has 0 spiro atoms. The van der Waals surface area contributed by atoms with E-state index >= 15 is 0 Å². The van der Waals surface area contributed by atoms with E-state index in [1.165, 1.54) is 0 Å². The summed E-state index contributed by atoms with van der Waals surface area (Å²) in [7, 11) is 0. The topological polar surface area (TPSA) is 12.0 Å². The Morgan fingerprint density at radius 3 is 2.33 bits per heavy atom. The van der Waals surface area contributed by atoms with Crippen LogP contribution in [-0.4, -0.2) is 0 Å². The molecular weight excluding hydrogens is 263 g/mol. The minimum Gasteiger partial charge on any atom is -0.378 e. The number of nitrogens with one attached hydrogen (secondary N) is 1. The summed E-state index contributed by atoms with van der Waals surface area (Å²) in [4.78, 5) is 0. The Balaban J connectivity index is 2.16. The van der Waals surface area contributed by atoms with Crippen LogP contribution in [0.1, 0.15) is 5.56 Å². The van der Waals surface area contributed by atoms with Gasteiger partial charge in [-0.25, -0.2) is 13.2 Å². The third kappa shape index (κ3) is 2.76. The number of hydrogen-bond donors (Lipinski definition) is 1. The van der Waals surface area contributed by atoms with Gasteiger partial charge in [0.15, 0.2) is 11.6 Å². The van der Waals surface area contributed by atoms with E-state index in [1.807, 2.05) is 0 Å². The van der Waals surface area contributed by atoms with Gasteiger partial charge in [0.2, 0.25) is 0 Å². The average Bonchev–Trinajstić information content (AvgIpc) is 2.34. The molecule has 0 radical (unpaired) electrons. The molecule has 0 aliphatic heterocycles. The maximum Gasteiger partial charge on any atom is 0.161 e. The molecule has 0 amide bonds. The number of benzene rings is 2. The predicted molar refractivity (Wildman–Crippen MR) is 65.1 cm³/mol. The molecule has 94 valence electrons. The maximum absolute atomic E-state index is 13.3. The molecule has 0 aliphatic carbocycles. The minimum atomic E-state index is -1.21. The molecule has 0 aromatic heterocycles. The van der Waals surface area contributed by atoms with E-state index in [-0.39, 0.29) is 12.2 Å². The normalized spacial score (nSPS) is 10.4. The Hall–Kier alpha value is -1.68. The van der Waals surface area contributed by atoms with Crippen molar-refractivity contribution in [3.63, 3.8) is 0 Å². The van der Waals surface area contributed by atoms with Gasteiger partial charge >= 0.3 is 0 Å². The summed E-state index contributed by atoms with van der Waals surface area (Å²) in [5.41, 5.74) is 0.636. The summed E-state index contributed by atoms with van der Waals surface area (Å²) < 4.78 is 39.0. The van der Waals surface area contributed by atoms with Crippen molar-refractivity contribution in [2.45, 2.75) is 6.54 Å². The van der Waals surface area contributed by atoms with Crippen molar-refractivity contribution < 1.29 is 13.2 Å². The van der Waals surface area contributed by atoms with Crippen LogP contribution in [0, 0.1) is 17.5 Å². The molecule has 18 heavy (non-hydrogen) atoms. The van der Waals surface area contributed by atoms with E-state index in [9.17, 15) is 13.2 Å². The van der Waals surface area contributed by atoms with Crippen LogP contribution in [0.3, 0.4) is 0 Å². The third-order valence-electron chi connectivity index (χ3n) is 2.44. The lowest BCUT2D eigenvalue weighted by Gasteiger charge is -2.09. The Kier molecular flexibility index (Phi) is 3.77. The second-order valence-corrected chi connectivity index (χ2v) is 4.10. The van der Waals surface area contributed by atoms with Gasteiger partial charge in [-0.1, -0.05) is 29.8 Å².